The second-order valence-corrected chi connectivity index (χ2v) is 5.74. The molecule has 0 atom stereocenters. The van der Waals surface area contributed by atoms with Crippen molar-refractivity contribution in [2.24, 2.45) is 0 Å². The number of hydrogen-bond donors (Lipinski definition) is 1. The highest BCUT2D eigenvalue weighted by Crippen LogP contribution is 2.26. The first-order valence-electron chi connectivity index (χ1n) is 6.77. The first kappa shape index (κ1) is 15.0. The topological polar surface area (TPSA) is 0 Å². The molecule has 2 heteroatoms. The van der Waals surface area contributed by atoms with Crippen LogP contribution in [0.2, 0.25) is 0 Å². The molecule has 0 saturated carbocycles. The summed E-state index contributed by atoms with van der Waals surface area (Å²) >= 11 is 4.30. The van der Waals surface area contributed by atoms with Crippen LogP contribution in [0.1, 0.15) is 57.4 Å². The van der Waals surface area contributed by atoms with Crippen molar-refractivity contribution in [3.63, 3.8) is 0 Å². The predicted octanol–water partition coefficient (Wildman–Crippen LogP) is 5.92. The minimum atomic E-state index is 1.21. The summed E-state index contributed by atoms with van der Waals surface area (Å²) in [6.07, 6.45) is 10.9. The van der Waals surface area contributed by atoms with E-state index in [1.54, 1.807) is 10.8 Å². The summed E-state index contributed by atoms with van der Waals surface area (Å²) in [5, 5.41) is 0. The number of thiol groups is 1. The second-order valence-electron chi connectivity index (χ2n) is 4.57. The van der Waals surface area contributed by atoms with Crippen LogP contribution in [0, 0.1) is 0 Å². The van der Waals surface area contributed by atoms with E-state index in [9.17, 15) is 0 Å². The Bertz CT molecular complexity index is 297. The van der Waals surface area contributed by atoms with Gasteiger partial charge in [0.15, 0.2) is 0 Å². The SMILES string of the molecule is CCCCCCCCCc1ccccc1SS. The van der Waals surface area contributed by atoms with Crippen molar-refractivity contribution < 1.29 is 0 Å². The van der Waals surface area contributed by atoms with Crippen LogP contribution in [0.5, 0.6) is 0 Å². The first-order valence-corrected chi connectivity index (χ1v) is 8.64. The zero-order chi connectivity index (χ0) is 12.3. The van der Waals surface area contributed by atoms with Crippen LogP contribution >= 0.6 is 22.5 Å². The van der Waals surface area contributed by atoms with Gasteiger partial charge in [0.1, 0.15) is 0 Å². The third-order valence-corrected chi connectivity index (χ3v) is 4.31. The molecule has 0 N–H and O–H groups in total. The summed E-state index contributed by atoms with van der Waals surface area (Å²) in [5.41, 5.74) is 1.46. The largest absolute Gasteiger partial charge is 0.106 e. The predicted molar refractivity (Wildman–Crippen MR) is 83.0 cm³/mol. The quantitative estimate of drug-likeness (QED) is 0.330. The lowest BCUT2D eigenvalue weighted by atomic mass is 10.0. The molecule has 17 heavy (non-hydrogen) atoms. The molecule has 0 aliphatic carbocycles. The van der Waals surface area contributed by atoms with Crippen LogP contribution in [0.4, 0.5) is 0 Å². The molecule has 0 nitrogen and oxygen atoms in total. The van der Waals surface area contributed by atoms with E-state index in [2.05, 4.69) is 42.9 Å². The van der Waals surface area contributed by atoms with E-state index in [0.29, 0.717) is 0 Å². The van der Waals surface area contributed by atoms with Gasteiger partial charge in [0.2, 0.25) is 0 Å². The van der Waals surface area contributed by atoms with Gasteiger partial charge in [0.05, 0.1) is 0 Å². The molecule has 0 saturated heterocycles. The zero-order valence-corrected chi connectivity index (χ0v) is 12.5. The second kappa shape index (κ2) is 9.90. The highest BCUT2D eigenvalue weighted by Gasteiger charge is 2.00. The van der Waals surface area contributed by atoms with Crippen LogP contribution in [0.25, 0.3) is 0 Å². The fourth-order valence-corrected chi connectivity index (χ4v) is 3.03. The van der Waals surface area contributed by atoms with E-state index >= 15 is 0 Å². The van der Waals surface area contributed by atoms with Gasteiger partial charge in [-0.1, -0.05) is 74.4 Å². The van der Waals surface area contributed by atoms with Gasteiger partial charge < -0.3 is 0 Å². The van der Waals surface area contributed by atoms with Crippen LogP contribution < -0.4 is 0 Å². The first-order chi connectivity index (χ1) is 8.38. The molecule has 0 amide bonds. The van der Waals surface area contributed by atoms with Crippen molar-refractivity contribution in [1.82, 2.24) is 0 Å². The molecule has 0 spiro atoms. The number of aryl methyl sites for hydroxylation is 1. The smallest absolute Gasteiger partial charge is 0.0212 e. The summed E-state index contributed by atoms with van der Waals surface area (Å²) in [5.74, 6) is 0. The van der Waals surface area contributed by atoms with E-state index in [1.807, 2.05) is 0 Å². The summed E-state index contributed by atoms with van der Waals surface area (Å²) in [7, 11) is 1.56. The van der Waals surface area contributed by atoms with Gasteiger partial charge in [-0.3, -0.25) is 0 Å². The Labute approximate surface area is 115 Å². The molecule has 0 radical (unpaired) electrons. The highest BCUT2D eigenvalue weighted by atomic mass is 33.1. The molecular formula is C15H24S2. The number of hydrogen-bond acceptors (Lipinski definition) is 2. The number of benzene rings is 1. The van der Waals surface area contributed by atoms with Crippen molar-refractivity contribution in [3.8, 4) is 0 Å². The normalized spacial score (nSPS) is 10.7. The molecule has 0 bridgehead atoms. The molecule has 0 aromatic heterocycles. The van der Waals surface area contributed by atoms with Gasteiger partial charge in [0, 0.05) is 4.90 Å². The van der Waals surface area contributed by atoms with Gasteiger partial charge in [-0.05, 0) is 24.5 Å². The van der Waals surface area contributed by atoms with Crippen molar-refractivity contribution >= 4 is 22.5 Å². The minimum absolute atomic E-state index is 1.21. The molecule has 0 unspecified atom stereocenters. The summed E-state index contributed by atoms with van der Waals surface area (Å²) < 4.78 is 0. The fourth-order valence-electron chi connectivity index (χ4n) is 2.07. The van der Waals surface area contributed by atoms with Gasteiger partial charge in [-0.2, -0.15) is 0 Å². The Morgan fingerprint density at radius 2 is 1.59 bits per heavy atom. The lowest BCUT2D eigenvalue weighted by Crippen LogP contribution is -1.88. The minimum Gasteiger partial charge on any atom is -0.106 e. The van der Waals surface area contributed by atoms with Crippen molar-refractivity contribution in [2.45, 2.75) is 63.2 Å². The average Bonchev–Trinajstić information content (AvgIpc) is 2.38. The summed E-state index contributed by atoms with van der Waals surface area (Å²) in [6, 6.07) is 8.61. The van der Waals surface area contributed by atoms with Crippen molar-refractivity contribution in [3.05, 3.63) is 29.8 Å². The molecule has 0 aliphatic rings. The third kappa shape index (κ3) is 6.42. The zero-order valence-electron chi connectivity index (χ0n) is 10.8. The molecule has 0 fully saturated rings. The molecule has 1 rings (SSSR count). The molecule has 96 valence electrons. The molecular weight excluding hydrogens is 244 g/mol. The molecule has 0 aliphatic heterocycles. The Kier molecular flexibility index (Phi) is 8.72. The summed E-state index contributed by atoms with van der Waals surface area (Å²) in [6.45, 7) is 2.27. The maximum Gasteiger partial charge on any atom is 0.0212 e. The van der Waals surface area contributed by atoms with Crippen LogP contribution in [0.3, 0.4) is 0 Å². The fraction of sp³-hybridized carbons (Fsp3) is 0.600. The molecule has 1 aromatic carbocycles. The van der Waals surface area contributed by atoms with Crippen LogP contribution in [-0.2, 0) is 6.42 Å². The standard InChI is InChI=1S/C15H24S2/c1-2-3-4-5-6-7-8-11-14-12-9-10-13-15(14)17-16/h9-10,12-13,16H,2-8,11H2,1H3. The van der Waals surface area contributed by atoms with Crippen molar-refractivity contribution in [2.75, 3.05) is 0 Å². The Hall–Kier alpha value is -0.0800. The Morgan fingerprint density at radius 3 is 2.29 bits per heavy atom. The Morgan fingerprint density at radius 1 is 0.941 bits per heavy atom. The lowest BCUT2D eigenvalue weighted by molar-refractivity contribution is 0.588. The lowest BCUT2D eigenvalue weighted by Gasteiger charge is -2.06. The average molecular weight is 268 g/mol. The highest BCUT2D eigenvalue weighted by molar-refractivity contribution is 8.68. The number of rotatable bonds is 9. The maximum atomic E-state index is 4.30. The molecule has 1 aromatic rings. The van der Waals surface area contributed by atoms with Gasteiger partial charge >= 0.3 is 0 Å². The van der Waals surface area contributed by atoms with E-state index in [4.69, 9.17) is 0 Å². The van der Waals surface area contributed by atoms with Crippen LogP contribution in [0.15, 0.2) is 29.2 Å². The van der Waals surface area contributed by atoms with Crippen molar-refractivity contribution in [1.29, 1.82) is 0 Å². The van der Waals surface area contributed by atoms with E-state index < -0.39 is 0 Å². The van der Waals surface area contributed by atoms with Gasteiger partial charge in [0.25, 0.3) is 0 Å². The van der Waals surface area contributed by atoms with E-state index in [0.717, 1.165) is 0 Å². The van der Waals surface area contributed by atoms with Gasteiger partial charge in [-0.25, -0.2) is 0 Å². The Balaban J connectivity index is 2.13. The van der Waals surface area contributed by atoms with E-state index in [-0.39, 0.29) is 0 Å². The van der Waals surface area contributed by atoms with Gasteiger partial charge in [-0.15, -0.1) is 11.7 Å². The molecule has 0 heterocycles. The number of unbranched alkanes of at least 4 members (excludes halogenated alkanes) is 6. The summed E-state index contributed by atoms with van der Waals surface area (Å²) in [4.78, 5) is 1.32. The third-order valence-electron chi connectivity index (χ3n) is 3.12. The maximum absolute atomic E-state index is 4.30. The van der Waals surface area contributed by atoms with Crippen LogP contribution in [-0.4, -0.2) is 0 Å². The van der Waals surface area contributed by atoms with E-state index in [1.165, 1.54) is 61.8 Å². The monoisotopic (exact) mass is 268 g/mol.